The second kappa shape index (κ2) is 8.45. The lowest BCUT2D eigenvalue weighted by Gasteiger charge is -2.34. The minimum Gasteiger partial charge on any atom is -0.336 e. The van der Waals surface area contributed by atoms with E-state index in [1.165, 1.54) is 25.0 Å². The maximum absolute atomic E-state index is 12.9. The molecule has 0 bridgehead atoms. The van der Waals surface area contributed by atoms with Crippen LogP contribution >= 0.6 is 15.9 Å². The van der Waals surface area contributed by atoms with Crippen molar-refractivity contribution < 1.29 is 13.2 Å². The van der Waals surface area contributed by atoms with Gasteiger partial charge in [0.05, 0.1) is 4.90 Å². The molecule has 1 N–H and O–H groups in total. The topological polar surface area (TPSA) is 69.7 Å². The standard InChI is InChI=1S/C21H24BrN3O3S/c22-18-6-8-20(9-7-18)29(27,28)23-19-3-1-2-17(14-19)21(26)25-12-10-24(11-13-25)15-16-4-5-16/h1-3,6-9,14,16,23H,4-5,10-13,15H2. The van der Waals surface area contributed by atoms with Crippen LogP contribution in [0.25, 0.3) is 0 Å². The van der Waals surface area contributed by atoms with Gasteiger partial charge >= 0.3 is 0 Å². The molecule has 0 unspecified atom stereocenters. The maximum Gasteiger partial charge on any atom is 0.261 e. The molecule has 2 aromatic rings. The summed E-state index contributed by atoms with van der Waals surface area (Å²) in [6.45, 7) is 4.37. The van der Waals surface area contributed by atoms with Gasteiger partial charge in [-0.25, -0.2) is 8.42 Å². The molecule has 1 heterocycles. The molecular formula is C21H24BrN3O3S. The number of benzene rings is 2. The van der Waals surface area contributed by atoms with Gasteiger partial charge in [0, 0.05) is 48.4 Å². The van der Waals surface area contributed by atoms with Crippen LogP contribution in [-0.2, 0) is 10.0 Å². The van der Waals surface area contributed by atoms with Crippen LogP contribution in [0.2, 0.25) is 0 Å². The van der Waals surface area contributed by atoms with Crippen molar-refractivity contribution in [3.05, 3.63) is 58.6 Å². The number of sulfonamides is 1. The summed E-state index contributed by atoms with van der Waals surface area (Å²) in [6, 6.07) is 13.1. The highest BCUT2D eigenvalue weighted by molar-refractivity contribution is 9.10. The molecule has 2 aromatic carbocycles. The number of halogens is 1. The third-order valence-electron chi connectivity index (χ3n) is 5.36. The number of anilines is 1. The van der Waals surface area contributed by atoms with Gasteiger partial charge in [-0.05, 0) is 61.2 Å². The first-order valence-corrected chi connectivity index (χ1v) is 12.1. The van der Waals surface area contributed by atoms with E-state index in [-0.39, 0.29) is 10.8 Å². The molecule has 1 saturated heterocycles. The first-order valence-electron chi connectivity index (χ1n) is 9.81. The van der Waals surface area contributed by atoms with Gasteiger partial charge < -0.3 is 4.90 Å². The third-order valence-corrected chi connectivity index (χ3v) is 7.28. The van der Waals surface area contributed by atoms with E-state index in [0.29, 0.717) is 24.3 Å². The van der Waals surface area contributed by atoms with Gasteiger partial charge in [-0.1, -0.05) is 22.0 Å². The molecule has 4 rings (SSSR count). The normalized spacial score (nSPS) is 17.9. The fourth-order valence-corrected chi connectivity index (χ4v) is 4.84. The fourth-order valence-electron chi connectivity index (χ4n) is 3.53. The Morgan fingerprint density at radius 3 is 2.38 bits per heavy atom. The second-order valence-corrected chi connectivity index (χ2v) is 10.3. The molecule has 1 aliphatic carbocycles. The SMILES string of the molecule is O=C(c1cccc(NS(=O)(=O)c2ccc(Br)cc2)c1)N1CCN(CC2CC2)CC1. The summed E-state index contributed by atoms with van der Waals surface area (Å²) in [5.41, 5.74) is 0.878. The zero-order valence-electron chi connectivity index (χ0n) is 16.1. The van der Waals surface area contributed by atoms with Gasteiger partial charge in [-0.2, -0.15) is 0 Å². The molecule has 1 aliphatic heterocycles. The molecule has 2 fully saturated rings. The first-order chi connectivity index (χ1) is 13.9. The highest BCUT2D eigenvalue weighted by atomic mass is 79.9. The maximum atomic E-state index is 12.9. The number of carbonyl (C=O) groups excluding carboxylic acids is 1. The Morgan fingerprint density at radius 2 is 1.72 bits per heavy atom. The number of piperazine rings is 1. The van der Waals surface area contributed by atoms with E-state index in [1.54, 1.807) is 36.4 Å². The quantitative estimate of drug-likeness (QED) is 0.691. The fraction of sp³-hybridized carbons (Fsp3) is 0.381. The Hall–Kier alpha value is -1.90. The number of amides is 1. The summed E-state index contributed by atoms with van der Waals surface area (Å²) in [5, 5.41) is 0. The lowest BCUT2D eigenvalue weighted by atomic mass is 10.1. The van der Waals surface area contributed by atoms with Crippen molar-refractivity contribution in [1.82, 2.24) is 9.80 Å². The number of rotatable bonds is 6. The molecule has 154 valence electrons. The van der Waals surface area contributed by atoms with Crippen molar-refractivity contribution >= 4 is 37.5 Å². The molecule has 6 nitrogen and oxygen atoms in total. The van der Waals surface area contributed by atoms with Gasteiger partial charge in [-0.15, -0.1) is 0 Å². The Balaban J connectivity index is 1.41. The van der Waals surface area contributed by atoms with E-state index < -0.39 is 10.0 Å². The molecule has 0 spiro atoms. The van der Waals surface area contributed by atoms with Crippen LogP contribution in [0, 0.1) is 5.92 Å². The van der Waals surface area contributed by atoms with Crippen LogP contribution in [0.4, 0.5) is 5.69 Å². The van der Waals surface area contributed by atoms with E-state index in [2.05, 4.69) is 25.6 Å². The van der Waals surface area contributed by atoms with E-state index in [1.807, 2.05) is 4.90 Å². The summed E-state index contributed by atoms with van der Waals surface area (Å²) < 4.78 is 28.6. The molecule has 0 radical (unpaired) electrons. The number of nitrogens with zero attached hydrogens (tertiary/aromatic N) is 2. The van der Waals surface area contributed by atoms with Gasteiger partial charge in [0.1, 0.15) is 0 Å². The molecular weight excluding hydrogens is 454 g/mol. The largest absolute Gasteiger partial charge is 0.336 e. The smallest absolute Gasteiger partial charge is 0.261 e. The molecule has 29 heavy (non-hydrogen) atoms. The summed E-state index contributed by atoms with van der Waals surface area (Å²) in [4.78, 5) is 17.3. The number of nitrogens with one attached hydrogen (secondary N) is 1. The summed E-state index contributed by atoms with van der Waals surface area (Å²) >= 11 is 3.30. The predicted octanol–water partition coefficient (Wildman–Crippen LogP) is 3.42. The monoisotopic (exact) mass is 477 g/mol. The Labute approximate surface area is 180 Å². The van der Waals surface area contributed by atoms with Crippen molar-refractivity contribution in [2.45, 2.75) is 17.7 Å². The molecule has 0 aromatic heterocycles. The molecule has 2 aliphatic rings. The van der Waals surface area contributed by atoms with Crippen molar-refractivity contribution in [1.29, 1.82) is 0 Å². The minimum absolute atomic E-state index is 0.0549. The Bertz CT molecular complexity index is 982. The first kappa shape index (κ1) is 20.4. The predicted molar refractivity (Wildman–Crippen MR) is 116 cm³/mol. The van der Waals surface area contributed by atoms with Gasteiger partial charge in [0.2, 0.25) is 0 Å². The van der Waals surface area contributed by atoms with Crippen LogP contribution in [0.5, 0.6) is 0 Å². The van der Waals surface area contributed by atoms with Crippen LogP contribution in [0.3, 0.4) is 0 Å². The zero-order chi connectivity index (χ0) is 20.4. The number of hydrogen-bond acceptors (Lipinski definition) is 4. The lowest BCUT2D eigenvalue weighted by molar-refractivity contribution is 0.0632. The highest BCUT2D eigenvalue weighted by Crippen LogP contribution is 2.30. The van der Waals surface area contributed by atoms with E-state index >= 15 is 0 Å². The summed E-state index contributed by atoms with van der Waals surface area (Å²) in [5.74, 6) is 0.799. The third kappa shape index (κ3) is 5.18. The zero-order valence-corrected chi connectivity index (χ0v) is 18.5. The summed E-state index contributed by atoms with van der Waals surface area (Å²) in [6.07, 6.45) is 2.67. The molecule has 8 heteroatoms. The number of carbonyl (C=O) groups is 1. The van der Waals surface area contributed by atoms with Crippen molar-refractivity contribution in [3.63, 3.8) is 0 Å². The average molecular weight is 478 g/mol. The van der Waals surface area contributed by atoms with Gasteiger partial charge in [0.15, 0.2) is 0 Å². The van der Waals surface area contributed by atoms with Crippen molar-refractivity contribution in [2.75, 3.05) is 37.4 Å². The highest BCUT2D eigenvalue weighted by Gasteiger charge is 2.28. The van der Waals surface area contributed by atoms with Crippen LogP contribution < -0.4 is 4.72 Å². The molecule has 0 atom stereocenters. The van der Waals surface area contributed by atoms with Crippen LogP contribution in [-0.4, -0.2) is 56.8 Å². The van der Waals surface area contributed by atoms with Gasteiger partial charge in [-0.3, -0.25) is 14.4 Å². The summed E-state index contributed by atoms with van der Waals surface area (Å²) in [7, 11) is -3.71. The minimum atomic E-state index is -3.71. The van der Waals surface area contributed by atoms with Crippen molar-refractivity contribution in [2.24, 2.45) is 5.92 Å². The van der Waals surface area contributed by atoms with Gasteiger partial charge in [0.25, 0.3) is 15.9 Å². The van der Waals surface area contributed by atoms with Crippen LogP contribution in [0.15, 0.2) is 57.9 Å². The Kier molecular flexibility index (Phi) is 5.94. The Morgan fingerprint density at radius 1 is 1.03 bits per heavy atom. The van der Waals surface area contributed by atoms with Crippen molar-refractivity contribution in [3.8, 4) is 0 Å². The second-order valence-electron chi connectivity index (χ2n) is 7.68. The van der Waals surface area contributed by atoms with E-state index in [9.17, 15) is 13.2 Å². The van der Waals surface area contributed by atoms with E-state index in [4.69, 9.17) is 0 Å². The van der Waals surface area contributed by atoms with Crippen LogP contribution in [0.1, 0.15) is 23.2 Å². The molecule has 1 amide bonds. The lowest BCUT2D eigenvalue weighted by Crippen LogP contribution is -2.49. The molecule has 1 saturated carbocycles. The van der Waals surface area contributed by atoms with E-state index in [0.717, 1.165) is 30.0 Å². The number of hydrogen-bond donors (Lipinski definition) is 1. The average Bonchev–Trinajstić information content (AvgIpc) is 3.52.